The molecular weight excluding hydrogens is 347 g/mol. The Morgan fingerprint density at radius 2 is 1.81 bits per heavy atom. The summed E-state index contributed by atoms with van der Waals surface area (Å²) in [6.45, 7) is 9.46. The van der Waals surface area contributed by atoms with Crippen molar-refractivity contribution in [3.05, 3.63) is 34.8 Å². The molecule has 27 heavy (non-hydrogen) atoms. The van der Waals surface area contributed by atoms with Crippen molar-refractivity contribution in [2.75, 3.05) is 19.4 Å². The molecule has 0 unspecified atom stereocenters. The number of hydrogen-bond acceptors (Lipinski definition) is 6. The lowest BCUT2D eigenvalue weighted by Crippen LogP contribution is -2.41. The fourth-order valence-corrected chi connectivity index (χ4v) is 2.61. The van der Waals surface area contributed by atoms with E-state index in [0.717, 1.165) is 0 Å². The molecule has 0 aliphatic carbocycles. The van der Waals surface area contributed by atoms with Gasteiger partial charge in [-0.15, -0.1) is 0 Å². The lowest BCUT2D eigenvalue weighted by molar-refractivity contribution is -0.118. The molecule has 1 heterocycles. The summed E-state index contributed by atoms with van der Waals surface area (Å²) in [4.78, 5) is 23.5. The predicted octanol–water partition coefficient (Wildman–Crippen LogP) is 2.21. The standard InChI is InChI=1S/C19H27BN2O5/c1-12(23)22-11-14(20-26-18(2,3)19(4,5)27-20)9-13-7-8-15(21)10-16(13)17(24)25-6/h7-10H,11,21H2,1-6H3,(H,22,23). The van der Waals surface area contributed by atoms with Crippen molar-refractivity contribution in [1.82, 2.24) is 5.32 Å². The fraction of sp³-hybridized carbons (Fsp3) is 0.474. The molecule has 2 rings (SSSR count). The predicted molar refractivity (Wildman–Crippen MR) is 105 cm³/mol. The van der Waals surface area contributed by atoms with E-state index in [1.165, 1.54) is 14.0 Å². The third-order valence-electron chi connectivity index (χ3n) is 4.92. The van der Waals surface area contributed by atoms with E-state index in [2.05, 4.69) is 5.32 Å². The van der Waals surface area contributed by atoms with E-state index < -0.39 is 24.3 Å². The first-order chi connectivity index (χ1) is 12.5. The highest BCUT2D eigenvalue weighted by Gasteiger charge is 2.52. The van der Waals surface area contributed by atoms with Gasteiger partial charge in [0.1, 0.15) is 0 Å². The van der Waals surface area contributed by atoms with Crippen LogP contribution in [0.4, 0.5) is 5.69 Å². The van der Waals surface area contributed by atoms with Gasteiger partial charge in [0.2, 0.25) is 5.91 Å². The van der Waals surface area contributed by atoms with Crippen molar-refractivity contribution in [3.63, 3.8) is 0 Å². The number of nitrogens with two attached hydrogens (primary N) is 1. The molecule has 0 bridgehead atoms. The zero-order valence-corrected chi connectivity index (χ0v) is 16.7. The highest BCUT2D eigenvalue weighted by atomic mass is 16.7. The molecule has 3 N–H and O–H groups in total. The number of ether oxygens (including phenoxy) is 1. The number of carbonyl (C=O) groups excluding carboxylic acids is 2. The number of esters is 1. The zero-order valence-electron chi connectivity index (χ0n) is 16.7. The van der Waals surface area contributed by atoms with Gasteiger partial charge in [0.05, 0.1) is 23.9 Å². The van der Waals surface area contributed by atoms with Gasteiger partial charge in [-0.25, -0.2) is 4.79 Å². The van der Waals surface area contributed by atoms with Crippen LogP contribution < -0.4 is 11.1 Å². The monoisotopic (exact) mass is 374 g/mol. The second-order valence-electron chi connectivity index (χ2n) is 7.56. The van der Waals surface area contributed by atoms with Crippen molar-refractivity contribution < 1.29 is 23.6 Å². The average Bonchev–Trinajstić information content (AvgIpc) is 2.79. The molecule has 0 aromatic heterocycles. The number of benzene rings is 1. The second-order valence-corrected chi connectivity index (χ2v) is 7.56. The molecule has 146 valence electrons. The number of nitrogen functional groups attached to an aromatic ring is 1. The quantitative estimate of drug-likeness (QED) is 0.466. The minimum Gasteiger partial charge on any atom is -0.465 e. The summed E-state index contributed by atoms with van der Waals surface area (Å²) in [5.74, 6) is -0.677. The molecule has 1 aromatic carbocycles. The van der Waals surface area contributed by atoms with Crippen LogP contribution in [0.1, 0.15) is 50.5 Å². The molecule has 0 saturated carbocycles. The maximum Gasteiger partial charge on any atom is 0.492 e. The van der Waals surface area contributed by atoms with Crippen LogP contribution in [0.25, 0.3) is 6.08 Å². The summed E-state index contributed by atoms with van der Waals surface area (Å²) in [7, 11) is 0.649. The van der Waals surface area contributed by atoms with Crippen LogP contribution >= 0.6 is 0 Å². The van der Waals surface area contributed by atoms with Crippen molar-refractivity contribution in [2.24, 2.45) is 0 Å². The Morgan fingerprint density at radius 3 is 2.33 bits per heavy atom. The highest BCUT2D eigenvalue weighted by Crippen LogP contribution is 2.38. The van der Waals surface area contributed by atoms with E-state index in [1.54, 1.807) is 24.3 Å². The summed E-state index contributed by atoms with van der Waals surface area (Å²) in [6, 6.07) is 4.97. The van der Waals surface area contributed by atoms with Crippen LogP contribution in [0.15, 0.2) is 23.7 Å². The summed E-state index contributed by atoms with van der Waals surface area (Å²) in [6.07, 6.45) is 1.77. The number of anilines is 1. The Hall–Kier alpha value is -2.32. The van der Waals surface area contributed by atoms with Gasteiger partial charge in [-0.2, -0.15) is 0 Å². The highest BCUT2D eigenvalue weighted by molar-refractivity contribution is 6.56. The maximum atomic E-state index is 12.1. The van der Waals surface area contributed by atoms with Crippen LogP contribution in [0.2, 0.25) is 0 Å². The first-order valence-electron chi connectivity index (χ1n) is 8.75. The number of hydrogen-bond donors (Lipinski definition) is 2. The summed E-state index contributed by atoms with van der Waals surface area (Å²) in [5, 5.41) is 2.76. The fourth-order valence-electron chi connectivity index (χ4n) is 2.61. The minimum absolute atomic E-state index is 0.178. The third kappa shape index (κ3) is 4.70. The van der Waals surface area contributed by atoms with Crippen molar-refractivity contribution in [1.29, 1.82) is 0 Å². The second kappa shape index (κ2) is 7.74. The topological polar surface area (TPSA) is 99.9 Å². The molecule has 8 heteroatoms. The number of methoxy groups -OCH3 is 1. The Morgan fingerprint density at radius 1 is 1.22 bits per heavy atom. The minimum atomic E-state index is -0.662. The van der Waals surface area contributed by atoms with E-state index in [-0.39, 0.29) is 12.5 Å². The molecule has 1 fully saturated rings. The van der Waals surface area contributed by atoms with Crippen molar-refractivity contribution in [3.8, 4) is 0 Å². The molecule has 7 nitrogen and oxygen atoms in total. The summed E-state index contributed by atoms with van der Waals surface area (Å²) < 4.78 is 17.0. The van der Waals surface area contributed by atoms with Crippen molar-refractivity contribution >= 4 is 30.8 Å². The molecule has 0 atom stereocenters. The molecule has 1 aliphatic heterocycles. The van der Waals surface area contributed by atoms with Gasteiger partial charge >= 0.3 is 13.1 Å². The van der Waals surface area contributed by atoms with Crippen LogP contribution in [-0.2, 0) is 18.8 Å². The van der Waals surface area contributed by atoms with Gasteiger partial charge in [-0.1, -0.05) is 12.1 Å². The largest absolute Gasteiger partial charge is 0.492 e. The Bertz CT molecular complexity index is 757. The number of amides is 1. The summed E-state index contributed by atoms with van der Waals surface area (Å²) >= 11 is 0. The number of rotatable bonds is 5. The first-order valence-corrected chi connectivity index (χ1v) is 8.75. The van der Waals surface area contributed by atoms with Crippen LogP contribution in [0, 0.1) is 0 Å². The molecule has 0 radical (unpaired) electrons. The molecule has 0 spiro atoms. The Balaban J connectivity index is 2.46. The molecule has 1 amide bonds. The normalized spacial score (nSPS) is 18.3. The third-order valence-corrected chi connectivity index (χ3v) is 4.92. The van der Waals surface area contributed by atoms with Crippen LogP contribution in [-0.4, -0.2) is 43.9 Å². The summed E-state index contributed by atoms with van der Waals surface area (Å²) in [5.41, 5.74) is 6.81. The van der Waals surface area contributed by atoms with E-state index in [4.69, 9.17) is 19.8 Å². The van der Waals surface area contributed by atoms with Gasteiger partial charge in [0.25, 0.3) is 0 Å². The van der Waals surface area contributed by atoms with Gasteiger partial charge in [0, 0.05) is 19.2 Å². The van der Waals surface area contributed by atoms with Gasteiger partial charge in [-0.05, 0) is 50.9 Å². The Kier molecular flexibility index (Phi) is 6.02. The molecule has 1 aromatic rings. The maximum absolute atomic E-state index is 12.1. The van der Waals surface area contributed by atoms with E-state index in [1.807, 2.05) is 27.7 Å². The molecular formula is C19H27BN2O5. The molecule has 1 saturated heterocycles. The zero-order chi connectivity index (χ0) is 20.4. The van der Waals surface area contributed by atoms with Gasteiger partial charge < -0.3 is 25.1 Å². The van der Waals surface area contributed by atoms with Gasteiger partial charge in [-0.3, -0.25) is 4.79 Å². The Labute approximate surface area is 160 Å². The average molecular weight is 374 g/mol. The van der Waals surface area contributed by atoms with E-state index in [9.17, 15) is 9.59 Å². The first kappa shape index (κ1) is 21.0. The van der Waals surface area contributed by atoms with E-state index >= 15 is 0 Å². The number of nitrogens with one attached hydrogen (secondary N) is 1. The van der Waals surface area contributed by atoms with Gasteiger partial charge in [0.15, 0.2) is 0 Å². The number of carbonyl (C=O) groups is 2. The van der Waals surface area contributed by atoms with Crippen molar-refractivity contribution in [2.45, 2.75) is 45.8 Å². The van der Waals surface area contributed by atoms with Crippen LogP contribution in [0.5, 0.6) is 0 Å². The van der Waals surface area contributed by atoms with E-state index in [0.29, 0.717) is 22.3 Å². The SMILES string of the molecule is COC(=O)c1cc(N)ccc1C=C(CNC(C)=O)B1OC(C)(C)C(C)(C)O1. The smallest absolute Gasteiger partial charge is 0.465 e. The van der Waals surface area contributed by atoms with Crippen LogP contribution in [0.3, 0.4) is 0 Å². The molecule has 1 aliphatic rings. The lowest BCUT2D eigenvalue weighted by Gasteiger charge is -2.32. The lowest BCUT2D eigenvalue weighted by atomic mass is 9.76.